The van der Waals surface area contributed by atoms with Gasteiger partial charge in [0.15, 0.2) is 5.16 Å². The number of fused-ring (bicyclic) bond motifs is 1. The molecule has 2 aromatic heterocycles. The highest BCUT2D eigenvalue weighted by molar-refractivity contribution is 7.98. The van der Waals surface area contributed by atoms with Gasteiger partial charge in [0, 0.05) is 17.6 Å². The lowest BCUT2D eigenvalue weighted by molar-refractivity contribution is -0.116. The fourth-order valence-electron chi connectivity index (χ4n) is 3.32. The maximum absolute atomic E-state index is 13.8. The molecular formula is C24H23FN4OS. The van der Waals surface area contributed by atoms with Crippen LogP contribution in [-0.4, -0.2) is 20.4 Å². The first kappa shape index (κ1) is 21.1. The number of benzene rings is 2. The maximum Gasteiger partial charge on any atom is 0.244 e. The van der Waals surface area contributed by atoms with Gasteiger partial charge in [-0.2, -0.15) is 0 Å². The minimum absolute atomic E-state index is 0.0623. The first-order valence-electron chi connectivity index (χ1n) is 9.96. The number of nitrogens with zero attached hydrogens (tertiary/aromatic N) is 3. The number of anilines is 1. The van der Waals surface area contributed by atoms with E-state index in [0.29, 0.717) is 11.3 Å². The van der Waals surface area contributed by atoms with Crippen LogP contribution in [-0.2, 0) is 17.1 Å². The Labute approximate surface area is 184 Å². The summed E-state index contributed by atoms with van der Waals surface area (Å²) in [6, 6.07) is 12.9. The van der Waals surface area contributed by atoms with Gasteiger partial charge in [0.1, 0.15) is 12.4 Å². The van der Waals surface area contributed by atoms with E-state index < -0.39 is 0 Å². The minimum Gasteiger partial charge on any atom is -0.324 e. The molecule has 158 valence electrons. The minimum atomic E-state index is -0.347. The number of hydrogen-bond donors (Lipinski definition) is 1. The van der Waals surface area contributed by atoms with Gasteiger partial charge in [-0.3, -0.25) is 9.78 Å². The summed E-state index contributed by atoms with van der Waals surface area (Å²) in [5.74, 6) is 0.148. The quantitative estimate of drug-likeness (QED) is 0.411. The lowest BCUT2D eigenvalue weighted by atomic mass is 10.1. The van der Waals surface area contributed by atoms with Gasteiger partial charge in [-0.25, -0.2) is 9.37 Å². The summed E-state index contributed by atoms with van der Waals surface area (Å²) in [5.41, 5.74) is 6.21. The van der Waals surface area contributed by atoms with Crippen LogP contribution in [0.2, 0.25) is 0 Å². The number of carbonyl (C=O) groups is 1. The zero-order valence-electron chi connectivity index (χ0n) is 17.6. The summed E-state index contributed by atoms with van der Waals surface area (Å²) in [5, 5.41) is 3.52. The summed E-state index contributed by atoms with van der Waals surface area (Å²) < 4.78 is 15.7. The predicted octanol–water partition coefficient (Wildman–Crippen LogP) is 5.43. The van der Waals surface area contributed by atoms with E-state index in [0.717, 1.165) is 21.9 Å². The smallest absolute Gasteiger partial charge is 0.244 e. The van der Waals surface area contributed by atoms with Crippen LogP contribution in [0.5, 0.6) is 0 Å². The molecule has 0 fully saturated rings. The molecule has 7 heteroatoms. The highest BCUT2D eigenvalue weighted by atomic mass is 32.2. The molecule has 2 heterocycles. The number of pyridine rings is 1. The Kier molecular flexibility index (Phi) is 6.04. The number of imidazole rings is 1. The molecule has 0 bridgehead atoms. The number of halogens is 1. The van der Waals surface area contributed by atoms with Crippen LogP contribution in [0.1, 0.15) is 22.3 Å². The zero-order chi connectivity index (χ0) is 22.0. The molecule has 0 aliphatic rings. The van der Waals surface area contributed by atoms with Gasteiger partial charge >= 0.3 is 0 Å². The summed E-state index contributed by atoms with van der Waals surface area (Å²) in [6.07, 6.45) is 3.40. The third-order valence-corrected chi connectivity index (χ3v) is 6.16. The van der Waals surface area contributed by atoms with Crippen LogP contribution in [0.15, 0.2) is 60.0 Å². The Morgan fingerprint density at radius 1 is 1.10 bits per heavy atom. The number of rotatable bonds is 6. The standard InChI is InChI=1S/C24H23FN4OS/c1-15-4-5-16(2)18(10-15)14-31-24-28-21-8-9-26-12-22(21)29(24)13-23(30)27-19-7-6-17(3)20(25)11-19/h4-12H,13-14H2,1-3H3,(H,27,30). The van der Waals surface area contributed by atoms with Crippen molar-refractivity contribution in [3.8, 4) is 0 Å². The number of thioether (sulfide) groups is 1. The molecule has 4 rings (SSSR count). The van der Waals surface area contributed by atoms with Crippen LogP contribution in [0.25, 0.3) is 11.0 Å². The number of nitrogens with one attached hydrogen (secondary N) is 1. The number of amides is 1. The molecule has 0 aliphatic heterocycles. The average molecular weight is 435 g/mol. The van der Waals surface area contributed by atoms with Crippen molar-refractivity contribution < 1.29 is 9.18 Å². The van der Waals surface area contributed by atoms with Crippen LogP contribution in [0, 0.1) is 26.6 Å². The van der Waals surface area contributed by atoms with Gasteiger partial charge in [-0.1, -0.05) is 41.6 Å². The monoisotopic (exact) mass is 434 g/mol. The summed E-state index contributed by atoms with van der Waals surface area (Å²) in [4.78, 5) is 21.6. The van der Waals surface area contributed by atoms with Gasteiger partial charge in [0.25, 0.3) is 0 Å². The highest BCUT2D eigenvalue weighted by Gasteiger charge is 2.15. The van der Waals surface area contributed by atoms with Crippen molar-refractivity contribution in [1.82, 2.24) is 14.5 Å². The Bertz CT molecular complexity index is 1270. The van der Waals surface area contributed by atoms with E-state index in [-0.39, 0.29) is 18.3 Å². The van der Waals surface area contributed by atoms with Gasteiger partial charge in [-0.05, 0) is 55.7 Å². The maximum atomic E-state index is 13.8. The van der Waals surface area contributed by atoms with Crippen LogP contribution < -0.4 is 5.32 Å². The fourth-order valence-corrected chi connectivity index (χ4v) is 4.40. The van der Waals surface area contributed by atoms with Crippen molar-refractivity contribution in [2.45, 2.75) is 38.2 Å². The molecule has 0 unspecified atom stereocenters. The van der Waals surface area contributed by atoms with E-state index in [4.69, 9.17) is 4.98 Å². The summed E-state index contributed by atoms with van der Waals surface area (Å²) in [6.45, 7) is 5.92. The van der Waals surface area contributed by atoms with Crippen LogP contribution in [0.3, 0.4) is 0 Å². The average Bonchev–Trinajstić information content (AvgIpc) is 3.09. The molecule has 4 aromatic rings. The van der Waals surface area contributed by atoms with Crippen molar-refractivity contribution in [2.75, 3.05) is 5.32 Å². The van der Waals surface area contributed by atoms with Gasteiger partial charge in [-0.15, -0.1) is 0 Å². The molecule has 0 radical (unpaired) electrons. The molecule has 0 saturated carbocycles. The van der Waals surface area contributed by atoms with E-state index in [1.807, 2.05) is 10.6 Å². The molecule has 5 nitrogen and oxygen atoms in total. The molecule has 1 N–H and O–H groups in total. The van der Waals surface area contributed by atoms with Crippen molar-refractivity contribution in [3.63, 3.8) is 0 Å². The lowest BCUT2D eigenvalue weighted by Crippen LogP contribution is -2.19. The summed E-state index contributed by atoms with van der Waals surface area (Å²) >= 11 is 1.59. The zero-order valence-corrected chi connectivity index (χ0v) is 18.5. The third-order valence-electron chi connectivity index (χ3n) is 5.13. The van der Waals surface area contributed by atoms with Gasteiger partial charge in [0.05, 0.1) is 17.2 Å². The number of aryl methyl sites for hydroxylation is 3. The number of carbonyl (C=O) groups excluding carboxylic acids is 1. The van der Waals surface area contributed by atoms with E-state index >= 15 is 0 Å². The van der Waals surface area contributed by atoms with Crippen LogP contribution in [0.4, 0.5) is 10.1 Å². The van der Waals surface area contributed by atoms with Gasteiger partial charge < -0.3 is 9.88 Å². The summed E-state index contributed by atoms with van der Waals surface area (Å²) in [7, 11) is 0. The van der Waals surface area contributed by atoms with Crippen molar-refractivity contribution >= 4 is 34.4 Å². The second kappa shape index (κ2) is 8.89. The Morgan fingerprint density at radius 3 is 2.71 bits per heavy atom. The molecule has 2 aromatic carbocycles. The second-order valence-electron chi connectivity index (χ2n) is 7.58. The van der Waals surface area contributed by atoms with Crippen LogP contribution >= 0.6 is 11.8 Å². The van der Waals surface area contributed by atoms with Crippen molar-refractivity contribution in [1.29, 1.82) is 0 Å². The first-order valence-corrected chi connectivity index (χ1v) is 10.9. The second-order valence-corrected chi connectivity index (χ2v) is 8.52. The predicted molar refractivity (Wildman–Crippen MR) is 123 cm³/mol. The molecule has 0 saturated heterocycles. The first-order chi connectivity index (χ1) is 14.9. The number of hydrogen-bond acceptors (Lipinski definition) is 4. The molecular weight excluding hydrogens is 411 g/mol. The van der Waals surface area contributed by atoms with E-state index in [2.05, 4.69) is 42.3 Å². The molecule has 31 heavy (non-hydrogen) atoms. The topological polar surface area (TPSA) is 59.8 Å². The van der Waals surface area contributed by atoms with E-state index in [1.165, 1.54) is 22.8 Å². The Morgan fingerprint density at radius 2 is 1.90 bits per heavy atom. The normalized spacial score (nSPS) is 11.1. The molecule has 0 aliphatic carbocycles. The Balaban J connectivity index is 1.58. The molecule has 0 atom stereocenters. The number of aromatic nitrogens is 3. The largest absolute Gasteiger partial charge is 0.324 e. The van der Waals surface area contributed by atoms with Crippen molar-refractivity contribution in [3.05, 3.63) is 82.9 Å². The van der Waals surface area contributed by atoms with E-state index in [1.54, 1.807) is 43.2 Å². The van der Waals surface area contributed by atoms with Crippen molar-refractivity contribution in [2.24, 2.45) is 0 Å². The van der Waals surface area contributed by atoms with E-state index in [9.17, 15) is 9.18 Å². The third kappa shape index (κ3) is 4.77. The van der Waals surface area contributed by atoms with Gasteiger partial charge in [0.2, 0.25) is 5.91 Å². The fraction of sp³-hybridized carbons (Fsp3) is 0.208. The highest BCUT2D eigenvalue weighted by Crippen LogP contribution is 2.28. The molecule has 1 amide bonds. The molecule has 0 spiro atoms. The lowest BCUT2D eigenvalue weighted by Gasteiger charge is -2.11. The SMILES string of the molecule is Cc1ccc(C)c(CSc2nc3ccncc3n2CC(=O)Nc2ccc(C)c(F)c2)c1. The Hall–Kier alpha value is -3.19.